The highest BCUT2D eigenvalue weighted by molar-refractivity contribution is 6.01. The zero-order valence-corrected chi connectivity index (χ0v) is 20.3. The Morgan fingerprint density at radius 1 is 0.917 bits per heavy atom. The van der Waals surface area contributed by atoms with Crippen LogP contribution in [0.3, 0.4) is 0 Å². The lowest BCUT2D eigenvalue weighted by molar-refractivity contribution is -0.135. The molecule has 1 saturated heterocycles. The van der Waals surface area contributed by atoms with Gasteiger partial charge in [0.25, 0.3) is 5.91 Å². The average molecular weight is 488 g/mol. The number of anilines is 1. The number of piperazine rings is 1. The van der Waals surface area contributed by atoms with Crippen LogP contribution in [0.25, 0.3) is 0 Å². The zero-order chi connectivity index (χ0) is 25.1. The Kier molecular flexibility index (Phi) is 7.00. The summed E-state index contributed by atoms with van der Waals surface area (Å²) in [6.45, 7) is 3.32. The molecule has 6 nitrogen and oxygen atoms in total. The molecule has 5 rings (SSSR count). The van der Waals surface area contributed by atoms with E-state index in [1.165, 1.54) is 12.1 Å². The van der Waals surface area contributed by atoms with Crippen LogP contribution in [0, 0.1) is 5.82 Å². The number of hydrogen-bond acceptors (Lipinski definition) is 4. The van der Waals surface area contributed by atoms with Crippen molar-refractivity contribution in [1.29, 1.82) is 0 Å². The molecule has 0 spiro atoms. The maximum absolute atomic E-state index is 14.2. The van der Waals surface area contributed by atoms with E-state index in [9.17, 15) is 14.0 Å². The lowest BCUT2D eigenvalue weighted by Gasteiger charge is -2.44. The van der Waals surface area contributed by atoms with E-state index in [-0.39, 0.29) is 17.6 Å². The molecule has 2 aliphatic heterocycles. The molecule has 0 aromatic heterocycles. The van der Waals surface area contributed by atoms with Gasteiger partial charge in [0.15, 0.2) is 0 Å². The first-order valence-corrected chi connectivity index (χ1v) is 12.3. The van der Waals surface area contributed by atoms with Crippen molar-refractivity contribution in [2.45, 2.75) is 12.0 Å². The SMILES string of the molecule is COCCN1C(=O)c2ccccc2[C@@H](C(=O)N2CCN(c3ccccc3)CC2)[C@H]1c1ccc(F)cc1. The maximum atomic E-state index is 14.2. The van der Waals surface area contributed by atoms with E-state index >= 15 is 0 Å². The number of carbonyl (C=O) groups excluding carboxylic acids is 2. The third kappa shape index (κ3) is 4.58. The molecule has 0 radical (unpaired) electrons. The van der Waals surface area contributed by atoms with Crippen molar-refractivity contribution in [1.82, 2.24) is 9.80 Å². The van der Waals surface area contributed by atoms with E-state index in [2.05, 4.69) is 17.0 Å². The Morgan fingerprint density at radius 2 is 1.58 bits per heavy atom. The Hall–Kier alpha value is -3.71. The highest BCUT2D eigenvalue weighted by Gasteiger charge is 2.45. The molecule has 36 heavy (non-hydrogen) atoms. The average Bonchev–Trinajstić information content (AvgIpc) is 2.93. The van der Waals surface area contributed by atoms with E-state index in [4.69, 9.17) is 4.74 Å². The third-order valence-corrected chi connectivity index (χ3v) is 7.17. The van der Waals surface area contributed by atoms with Gasteiger partial charge in [-0.05, 0) is 41.5 Å². The fourth-order valence-corrected chi connectivity index (χ4v) is 5.35. The Bertz CT molecular complexity index is 1210. The summed E-state index contributed by atoms with van der Waals surface area (Å²) in [5.41, 5.74) is 3.14. The fourth-order valence-electron chi connectivity index (χ4n) is 5.35. The minimum absolute atomic E-state index is 0.0144. The molecular formula is C29H30FN3O3. The zero-order valence-electron chi connectivity index (χ0n) is 20.3. The number of amides is 2. The van der Waals surface area contributed by atoms with Crippen LogP contribution in [0.15, 0.2) is 78.9 Å². The number of benzene rings is 3. The van der Waals surface area contributed by atoms with Crippen molar-refractivity contribution >= 4 is 17.5 Å². The van der Waals surface area contributed by atoms with E-state index in [0.717, 1.165) is 29.9 Å². The topological polar surface area (TPSA) is 53.1 Å². The standard InChI is InChI=1S/C29H30FN3O3/c1-36-20-19-33-27(21-11-13-22(30)14-12-21)26(24-9-5-6-10-25(24)28(33)34)29(35)32-17-15-31(16-18-32)23-7-3-2-4-8-23/h2-14,26-27H,15-20H2,1H3/t26-,27-/m1/s1. The minimum atomic E-state index is -0.593. The number of rotatable bonds is 6. The van der Waals surface area contributed by atoms with Gasteiger partial charge in [0.05, 0.1) is 18.6 Å². The summed E-state index contributed by atoms with van der Waals surface area (Å²) in [5.74, 6) is -1.11. The van der Waals surface area contributed by atoms with E-state index < -0.39 is 12.0 Å². The van der Waals surface area contributed by atoms with Crippen LogP contribution in [0.4, 0.5) is 10.1 Å². The number of ether oxygens (including phenoxy) is 1. The molecule has 2 atom stereocenters. The van der Waals surface area contributed by atoms with Gasteiger partial charge in [-0.25, -0.2) is 4.39 Å². The molecule has 7 heteroatoms. The molecule has 2 amide bonds. The first-order chi connectivity index (χ1) is 17.6. The summed E-state index contributed by atoms with van der Waals surface area (Å²) in [4.78, 5) is 33.7. The molecule has 1 fully saturated rings. The predicted octanol–water partition coefficient (Wildman–Crippen LogP) is 4.10. The van der Waals surface area contributed by atoms with Crippen molar-refractivity contribution in [3.8, 4) is 0 Å². The fraction of sp³-hybridized carbons (Fsp3) is 0.310. The van der Waals surface area contributed by atoms with Crippen LogP contribution < -0.4 is 4.90 Å². The molecule has 0 unspecified atom stereocenters. The molecule has 3 aromatic rings. The van der Waals surface area contributed by atoms with Gasteiger partial charge in [0.2, 0.25) is 5.91 Å². The van der Waals surface area contributed by atoms with Gasteiger partial charge in [-0.1, -0.05) is 48.5 Å². The third-order valence-electron chi connectivity index (χ3n) is 7.17. The Balaban J connectivity index is 1.50. The second-order valence-electron chi connectivity index (χ2n) is 9.20. The van der Waals surface area contributed by atoms with Crippen LogP contribution in [0.1, 0.15) is 33.4 Å². The van der Waals surface area contributed by atoms with Gasteiger partial charge in [-0.3, -0.25) is 9.59 Å². The Morgan fingerprint density at radius 3 is 2.28 bits per heavy atom. The molecule has 0 bridgehead atoms. The van der Waals surface area contributed by atoms with E-state index in [0.29, 0.717) is 31.8 Å². The van der Waals surface area contributed by atoms with Gasteiger partial charge in [-0.2, -0.15) is 0 Å². The van der Waals surface area contributed by atoms with Crippen LogP contribution in [-0.2, 0) is 9.53 Å². The second kappa shape index (κ2) is 10.5. The van der Waals surface area contributed by atoms with Gasteiger partial charge in [0, 0.05) is 51.1 Å². The largest absolute Gasteiger partial charge is 0.383 e. The number of fused-ring (bicyclic) bond motifs is 1. The predicted molar refractivity (Wildman–Crippen MR) is 136 cm³/mol. The van der Waals surface area contributed by atoms with Crippen molar-refractivity contribution in [2.75, 3.05) is 51.3 Å². The molecule has 0 N–H and O–H groups in total. The minimum Gasteiger partial charge on any atom is -0.383 e. The normalized spacial score (nSPS) is 19.8. The quantitative estimate of drug-likeness (QED) is 0.525. The summed E-state index contributed by atoms with van der Waals surface area (Å²) in [7, 11) is 1.59. The van der Waals surface area contributed by atoms with Crippen molar-refractivity contribution in [2.24, 2.45) is 0 Å². The summed E-state index contributed by atoms with van der Waals surface area (Å²) < 4.78 is 19.1. The number of halogens is 1. The highest BCUT2D eigenvalue weighted by atomic mass is 19.1. The van der Waals surface area contributed by atoms with Crippen LogP contribution in [-0.4, -0.2) is 68.1 Å². The number of hydrogen-bond donors (Lipinski definition) is 0. The van der Waals surface area contributed by atoms with Crippen LogP contribution >= 0.6 is 0 Å². The first kappa shape index (κ1) is 24.0. The van der Waals surface area contributed by atoms with Crippen LogP contribution in [0.2, 0.25) is 0 Å². The molecule has 0 aliphatic carbocycles. The molecule has 0 saturated carbocycles. The molecular weight excluding hydrogens is 457 g/mol. The number of para-hydroxylation sites is 1. The Labute approximate surface area is 210 Å². The number of nitrogens with zero attached hydrogens (tertiary/aromatic N) is 3. The molecule has 2 heterocycles. The molecule has 3 aromatic carbocycles. The molecule has 186 valence electrons. The number of carbonyl (C=O) groups is 2. The molecule has 2 aliphatic rings. The van der Waals surface area contributed by atoms with Crippen molar-refractivity contribution in [3.63, 3.8) is 0 Å². The van der Waals surface area contributed by atoms with Crippen LogP contribution in [0.5, 0.6) is 0 Å². The van der Waals surface area contributed by atoms with Crippen molar-refractivity contribution in [3.05, 3.63) is 101 Å². The van der Waals surface area contributed by atoms with E-state index in [1.807, 2.05) is 41.3 Å². The smallest absolute Gasteiger partial charge is 0.254 e. The summed E-state index contributed by atoms with van der Waals surface area (Å²) in [6, 6.07) is 23.1. The van der Waals surface area contributed by atoms with Gasteiger partial charge in [0.1, 0.15) is 5.82 Å². The van der Waals surface area contributed by atoms with Gasteiger partial charge < -0.3 is 19.4 Å². The first-order valence-electron chi connectivity index (χ1n) is 12.3. The summed E-state index contributed by atoms with van der Waals surface area (Å²) >= 11 is 0. The highest BCUT2D eigenvalue weighted by Crippen LogP contribution is 2.43. The lowest BCUT2D eigenvalue weighted by atomic mass is 9.78. The van der Waals surface area contributed by atoms with Gasteiger partial charge >= 0.3 is 0 Å². The van der Waals surface area contributed by atoms with Gasteiger partial charge in [-0.15, -0.1) is 0 Å². The van der Waals surface area contributed by atoms with E-state index in [1.54, 1.807) is 30.2 Å². The maximum Gasteiger partial charge on any atom is 0.254 e. The number of methoxy groups -OCH3 is 1. The van der Waals surface area contributed by atoms with Crippen molar-refractivity contribution < 1.29 is 18.7 Å². The summed E-state index contributed by atoms with van der Waals surface area (Å²) in [5, 5.41) is 0. The summed E-state index contributed by atoms with van der Waals surface area (Å²) in [6.07, 6.45) is 0. The second-order valence-corrected chi connectivity index (χ2v) is 9.20. The lowest BCUT2D eigenvalue weighted by Crippen LogP contribution is -2.53. The monoisotopic (exact) mass is 487 g/mol.